The zero-order valence-corrected chi connectivity index (χ0v) is 8.56. The van der Waals surface area contributed by atoms with Crippen molar-refractivity contribution in [3.63, 3.8) is 0 Å². The van der Waals surface area contributed by atoms with Gasteiger partial charge in [-0.3, -0.25) is 4.79 Å². The third-order valence-electron chi connectivity index (χ3n) is 1.52. The normalized spacial score (nSPS) is 13.7. The zero-order chi connectivity index (χ0) is 11.9. The van der Waals surface area contributed by atoms with Gasteiger partial charge in [-0.15, -0.1) is 0 Å². The molecule has 0 aliphatic rings. The van der Waals surface area contributed by atoms with Gasteiger partial charge in [-0.2, -0.15) is 13.2 Å². The van der Waals surface area contributed by atoms with Crippen LogP contribution in [0.5, 0.6) is 0 Å². The number of ether oxygens (including phenoxy) is 2. The summed E-state index contributed by atoms with van der Waals surface area (Å²) in [6, 6.07) is -0.551. The van der Waals surface area contributed by atoms with Gasteiger partial charge in [0.2, 0.25) is 0 Å². The van der Waals surface area contributed by atoms with Crippen molar-refractivity contribution >= 4 is 5.97 Å². The third-order valence-corrected chi connectivity index (χ3v) is 1.52. The molecule has 90 valence electrons. The van der Waals surface area contributed by atoms with Crippen molar-refractivity contribution in [1.82, 2.24) is 5.32 Å². The van der Waals surface area contributed by atoms with E-state index >= 15 is 0 Å². The van der Waals surface area contributed by atoms with Crippen LogP contribution >= 0.6 is 0 Å². The van der Waals surface area contributed by atoms with Gasteiger partial charge in [0.15, 0.2) is 0 Å². The number of carbonyl (C=O) groups is 1. The lowest BCUT2D eigenvalue weighted by Crippen LogP contribution is -2.37. The number of nitrogens with one attached hydrogen (secondary N) is 1. The van der Waals surface area contributed by atoms with E-state index in [9.17, 15) is 18.0 Å². The van der Waals surface area contributed by atoms with Crippen LogP contribution in [0.3, 0.4) is 0 Å². The highest BCUT2D eigenvalue weighted by atomic mass is 19.4. The molecular formula is C8H14F3NO3. The molecule has 0 saturated heterocycles. The Morgan fingerprint density at radius 2 is 2.07 bits per heavy atom. The molecule has 0 spiro atoms. The summed E-state index contributed by atoms with van der Waals surface area (Å²) in [7, 11) is 1.24. The molecule has 15 heavy (non-hydrogen) atoms. The fraction of sp³-hybridized carbons (Fsp3) is 0.875. The molecule has 0 amide bonds. The van der Waals surface area contributed by atoms with Gasteiger partial charge in [-0.05, 0) is 6.92 Å². The number of alkyl halides is 3. The van der Waals surface area contributed by atoms with Crippen LogP contribution in [0.25, 0.3) is 0 Å². The molecule has 0 saturated carbocycles. The maximum Gasteiger partial charge on any atom is 0.411 e. The molecule has 0 radical (unpaired) electrons. The van der Waals surface area contributed by atoms with Crippen LogP contribution < -0.4 is 5.32 Å². The van der Waals surface area contributed by atoms with Crippen LogP contribution in [-0.2, 0) is 14.3 Å². The molecule has 0 aromatic rings. The highest BCUT2D eigenvalue weighted by Crippen LogP contribution is 2.13. The van der Waals surface area contributed by atoms with Gasteiger partial charge in [-0.1, -0.05) is 0 Å². The number of esters is 1. The quantitative estimate of drug-likeness (QED) is 0.538. The van der Waals surface area contributed by atoms with E-state index in [1.54, 1.807) is 6.92 Å². The molecule has 0 heterocycles. The van der Waals surface area contributed by atoms with Crippen molar-refractivity contribution in [2.45, 2.75) is 19.1 Å². The molecule has 0 rings (SSSR count). The monoisotopic (exact) mass is 229 g/mol. The summed E-state index contributed by atoms with van der Waals surface area (Å²) < 4.78 is 43.5. The van der Waals surface area contributed by atoms with Crippen LogP contribution in [0.4, 0.5) is 13.2 Å². The number of hydrogen-bond acceptors (Lipinski definition) is 4. The average molecular weight is 229 g/mol. The van der Waals surface area contributed by atoms with Crippen LogP contribution in [0.15, 0.2) is 0 Å². The topological polar surface area (TPSA) is 47.6 Å². The van der Waals surface area contributed by atoms with Crippen molar-refractivity contribution in [2.24, 2.45) is 0 Å². The van der Waals surface area contributed by atoms with Gasteiger partial charge in [0.05, 0.1) is 13.7 Å². The SMILES string of the molecule is COC(=O)C(C)NCCOCC(F)(F)F. The lowest BCUT2D eigenvalue weighted by atomic mass is 10.3. The molecule has 0 aliphatic heterocycles. The van der Waals surface area contributed by atoms with Gasteiger partial charge in [0, 0.05) is 6.54 Å². The smallest absolute Gasteiger partial charge is 0.411 e. The summed E-state index contributed by atoms with van der Waals surface area (Å²) in [5.74, 6) is -0.467. The lowest BCUT2D eigenvalue weighted by molar-refractivity contribution is -0.173. The second-order valence-electron chi connectivity index (χ2n) is 2.87. The Morgan fingerprint density at radius 3 is 2.53 bits per heavy atom. The lowest BCUT2D eigenvalue weighted by Gasteiger charge is -2.12. The summed E-state index contributed by atoms with van der Waals surface area (Å²) >= 11 is 0. The number of rotatable bonds is 6. The van der Waals surface area contributed by atoms with Gasteiger partial charge in [0.25, 0.3) is 0 Å². The predicted octanol–water partition coefficient (Wildman–Crippen LogP) is 0.716. The van der Waals surface area contributed by atoms with E-state index in [-0.39, 0.29) is 13.2 Å². The number of carbonyl (C=O) groups excluding carboxylic acids is 1. The molecule has 1 unspecified atom stereocenters. The summed E-state index contributed by atoms with van der Waals surface area (Å²) in [4.78, 5) is 10.8. The molecular weight excluding hydrogens is 215 g/mol. The van der Waals surface area contributed by atoms with Crippen LogP contribution in [0, 0.1) is 0 Å². The van der Waals surface area contributed by atoms with Gasteiger partial charge >= 0.3 is 12.1 Å². The van der Waals surface area contributed by atoms with Crippen LogP contribution in [0.1, 0.15) is 6.92 Å². The van der Waals surface area contributed by atoms with Crippen molar-refractivity contribution in [2.75, 3.05) is 26.9 Å². The van der Waals surface area contributed by atoms with Gasteiger partial charge in [-0.25, -0.2) is 0 Å². The number of halogens is 3. The van der Waals surface area contributed by atoms with E-state index < -0.39 is 24.8 Å². The maximum atomic E-state index is 11.6. The fourth-order valence-electron chi connectivity index (χ4n) is 0.796. The highest BCUT2D eigenvalue weighted by molar-refractivity contribution is 5.74. The Labute approximate surface area is 85.7 Å². The minimum absolute atomic E-state index is 0.110. The van der Waals surface area contributed by atoms with E-state index in [0.717, 1.165) is 0 Å². The minimum Gasteiger partial charge on any atom is -0.468 e. The second kappa shape index (κ2) is 6.62. The van der Waals surface area contributed by atoms with Gasteiger partial charge < -0.3 is 14.8 Å². The number of methoxy groups -OCH3 is 1. The van der Waals surface area contributed by atoms with Crippen molar-refractivity contribution in [3.05, 3.63) is 0 Å². The predicted molar refractivity (Wildman–Crippen MR) is 46.4 cm³/mol. The van der Waals surface area contributed by atoms with Crippen molar-refractivity contribution in [3.8, 4) is 0 Å². The summed E-state index contributed by atoms with van der Waals surface area (Å²) in [6.45, 7) is 0.323. The molecule has 1 N–H and O–H groups in total. The molecule has 0 fully saturated rings. The first-order valence-corrected chi connectivity index (χ1v) is 4.32. The highest BCUT2D eigenvalue weighted by Gasteiger charge is 2.27. The molecule has 4 nitrogen and oxygen atoms in total. The van der Waals surface area contributed by atoms with Crippen LogP contribution in [-0.4, -0.2) is 45.1 Å². The molecule has 7 heteroatoms. The Bertz CT molecular complexity index is 196. The van der Waals surface area contributed by atoms with Crippen LogP contribution in [0.2, 0.25) is 0 Å². The first kappa shape index (κ1) is 14.2. The van der Waals surface area contributed by atoms with Crippen molar-refractivity contribution in [1.29, 1.82) is 0 Å². The third kappa shape index (κ3) is 8.19. The van der Waals surface area contributed by atoms with Crippen molar-refractivity contribution < 1.29 is 27.4 Å². The van der Waals surface area contributed by atoms with E-state index in [0.29, 0.717) is 0 Å². The molecule has 0 aromatic carbocycles. The molecule has 0 aromatic heterocycles. The molecule has 1 atom stereocenters. The number of hydrogen-bond donors (Lipinski definition) is 1. The average Bonchev–Trinajstić information content (AvgIpc) is 2.14. The first-order valence-electron chi connectivity index (χ1n) is 4.32. The fourth-order valence-corrected chi connectivity index (χ4v) is 0.796. The Hall–Kier alpha value is -0.820. The Morgan fingerprint density at radius 1 is 1.47 bits per heavy atom. The molecule has 0 aliphatic carbocycles. The maximum absolute atomic E-state index is 11.6. The summed E-state index contributed by atoms with van der Waals surface area (Å²) in [5, 5.41) is 2.65. The Balaban J connectivity index is 3.43. The van der Waals surface area contributed by atoms with Gasteiger partial charge in [0.1, 0.15) is 12.6 Å². The second-order valence-corrected chi connectivity index (χ2v) is 2.87. The van der Waals surface area contributed by atoms with E-state index in [1.165, 1.54) is 7.11 Å². The standard InChI is InChI=1S/C8H14F3NO3/c1-6(7(13)14-2)12-3-4-15-5-8(9,10)11/h6,12H,3-5H2,1-2H3. The summed E-state index contributed by atoms with van der Waals surface area (Å²) in [5.41, 5.74) is 0. The van der Waals surface area contributed by atoms with E-state index in [1.807, 2.05) is 0 Å². The van der Waals surface area contributed by atoms with E-state index in [4.69, 9.17) is 0 Å². The minimum atomic E-state index is -4.31. The zero-order valence-electron chi connectivity index (χ0n) is 8.56. The molecule has 0 bridgehead atoms. The largest absolute Gasteiger partial charge is 0.468 e. The first-order chi connectivity index (χ1) is 6.87. The Kier molecular flexibility index (Phi) is 6.26. The van der Waals surface area contributed by atoms with E-state index in [2.05, 4.69) is 14.8 Å². The summed E-state index contributed by atoms with van der Waals surface area (Å²) in [6.07, 6.45) is -4.31.